The molecule has 0 bridgehead atoms. The number of rotatable bonds is 49. The molecule has 60 heavy (non-hydrogen) atoms. The number of ether oxygens (including phenoxy) is 2. The summed E-state index contributed by atoms with van der Waals surface area (Å²) in [7, 11) is -4.76. The Morgan fingerprint density at radius 2 is 0.700 bits per heavy atom. The van der Waals surface area contributed by atoms with E-state index in [1.807, 2.05) is 0 Å². The van der Waals surface area contributed by atoms with Crippen LogP contribution in [-0.2, 0) is 28.2 Å². The molecule has 0 heterocycles. The molecule has 9 heteroatoms. The van der Waals surface area contributed by atoms with Gasteiger partial charge in [0.2, 0.25) is 0 Å². The Morgan fingerprint density at radius 3 is 1.02 bits per heavy atom. The third-order valence-electron chi connectivity index (χ3n) is 11.8. The summed E-state index contributed by atoms with van der Waals surface area (Å²) in [5, 5.41) is 0. The largest absolute Gasteiger partial charge is 0.469 e. The van der Waals surface area contributed by atoms with Crippen LogP contribution in [0.15, 0.2) is 12.2 Å². The lowest BCUT2D eigenvalue weighted by Gasteiger charge is -2.18. The molecule has 8 nitrogen and oxygen atoms in total. The molecule has 0 amide bonds. The number of hydrogen-bond acceptors (Lipinski definition) is 6. The molecule has 2 N–H and O–H groups in total. The van der Waals surface area contributed by atoms with Gasteiger partial charge < -0.3 is 19.3 Å². The normalized spacial score (nSPS) is 12.4. The van der Waals surface area contributed by atoms with Gasteiger partial charge in [0.25, 0.3) is 0 Å². The van der Waals surface area contributed by atoms with Crippen LogP contribution in [0.2, 0.25) is 0 Å². The Labute approximate surface area is 371 Å². The van der Waals surface area contributed by atoms with E-state index in [2.05, 4.69) is 30.5 Å². The highest BCUT2D eigenvalue weighted by Crippen LogP contribution is 2.36. The summed E-state index contributed by atoms with van der Waals surface area (Å²) < 4.78 is 26.6. The standard InChI is InChI=1S/C51H99O8P/c1-3-5-7-9-11-13-15-17-19-21-23-24-25-26-28-30-32-34-36-38-40-42-44-46-51(53)59-49(48-58-60(54,55)56)47-57-50(52)45-43-41-39-37-35-33-31-29-27-22-20-18-16-14-12-10-8-6-4-2/h21,23,49H,3-20,22,24-48H2,1-2H3,(H2,54,55,56)/b23-21-. The van der Waals surface area contributed by atoms with Crippen molar-refractivity contribution in [3.63, 3.8) is 0 Å². The first-order chi connectivity index (χ1) is 29.3. The van der Waals surface area contributed by atoms with Gasteiger partial charge in [-0.2, -0.15) is 0 Å². The highest BCUT2D eigenvalue weighted by Gasteiger charge is 2.23. The summed E-state index contributed by atoms with van der Waals surface area (Å²) in [4.78, 5) is 43.1. The van der Waals surface area contributed by atoms with E-state index in [1.54, 1.807) is 0 Å². The van der Waals surface area contributed by atoms with Gasteiger partial charge in [-0.25, -0.2) is 4.57 Å². The number of unbranched alkanes of at least 4 members (excludes halogenated alkanes) is 37. The topological polar surface area (TPSA) is 119 Å². The third-order valence-corrected chi connectivity index (χ3v) is 12.3. The summed E-state index contributed by atoms with van der Waals surface area (Å²) >= 11 is 0. The Kier molecular flexibility index (Phi) is 46.3. The maximum Gasteiger partial charge on any atom is 0.469 e. The van der Waals surface area contributed by atoms with Crippen LogP contribution < -0.4 is 0 Å². The van der Waals surface area contributed by atoms with Crippen molar-refractivity contribution in [1.82, 2.24) is 0 Å². The molecule has 0 aromatic carbocycles. The lowest BCUT2D eigenvalue weighted by molar-refractivity contribution is -0.161. The quantitative estimate of drug-likeness (QED) is 0.0268. The summed E-state index contributed by atoms with van der Waals surface area (Å²) in [5.41, 5.74) is 0. The van der Waals surface area contributed by atoms with Crippen molar-refractivity contribution in [3.8, 4) is 0 Å². The third kappa shape index (κ3) is 49.4. The van der Waals surface area contributed by atoms with Crippen LogP contribution in [0.1, 0.15) is 284 Å². The average Bonchev–Trinajstić information content (AvgIpc) is 3.22. The fourth-order valence-electron chi connectivity index (χ4n) is 7.90. The van der Waals surface area contributed by atoms with Crippen LogP contribution in [0.5, 0.6) is 0 Å². The molecule has 1 atom stereocenters. The summed E-state index contributed by atoms with van der Waals surface area (Å²) in [6, 6.07) is 0. The Balaban J connectivity index is 3.77. The van der Waals surface area contributed by atoms with Gasteiger partial charge in [-0.05, 0) is 38.5 Å². The first-order valence-electron chi connectivity index (χ1n) is 26.0. The van der Waals surface area contributed by atoms with E-state index in [1.165, 1.54) is 212 Å². The SMILES string of the molecule is CCCCCCCCCC/C=C\CCCCCCCCCCCCCC(=O)OC(COC(=O)CCCCCCCCCCCCCCCCCCCCC)COP(=O)(O)O. The van der Waals surface area contributed by atoms with Crippen molar-refractivity contribution in [2.24, 2.45) is 0 Å². The van der Waals surface area contributed by atoms with Gasteiger partial charge in [0, 0.05) is 12.8 Å². The molecule has 0 aliphatic carbocycles. The van der Waals surface area contributed by atoms with E-state index >= 15 is 0 Å². The van der Waals surface area contributed by atoms with Gasteiger partial charge in [0.05, 0.1) is 6.61 Å². The molecule has 1 unspecified atom stereocenters. The number of esters is 2. The van der Waals surface area contributed by atoms with Crippen molar-refractivity contribution in [2.75, 3.05) is 13.2 Å². The molecule has 0 aliphatic heterocycles. The second-order valence-corrected chi connectivity index (χ2v) is 19.1. The Bertz CT molecular complexity index is 982. The molecular weight excluding hydrogens is 772 g/mol. The van der Waals surface area contributed by atoms with Crippen molar-refractivity contribution in [2.45, 2.75) is 290 Å². The van der Waals surface area contributed by atoms with Crippen LogP contribution in [0, 0.1) is 0 Å². The zero-order valence-electron chi connectivity index (χ0n) is 39.6. The lowest BCUT2D eigenvalue weighted by Crippen LogP contribution is -2.29. The molecule has 0 fully saturated rings. The minimum atomic E-state index is -4.76. The fourth-order valence-corrected chi connectivity index (χ4v) is 8.26. The first-order valence-corrected chi connectivity index (χ1v) is 27.5. The Morgan fingerprint density at radius 1 is 0.417 bits per heavy atom. The minimum absolute atomic E-state index is 0.216. The predicted molar refractivity (Wildman–Crippen MR) is 253 cm³/mol. The molecule has 0 saturated carbocycles. The second-order valence-electron chi connectivity index (χ2n) is 17.9. The number of allylic oxidation sites excluding steroid dienone is 2. The molecule has 0 aliphatic rings. The highest BCUT2D eigenvalue weighted by molar-refractivity contribution is 7.46. The number of phosphoric ester groups is 1. The van der Waals surface area contributed by atoms with Crippen LogP contribution >= 0.6 is 7.82 Å². The number of hydrogen-bond donors (Lipinski definition) is 2. The second kappa shape index (κ2) is 47.3. The molecule has 356 valence electrons. The predicted octanol–water partition coefficient (Wildman–Crippen LogP) is 16.5. The number of carbonyl (C=O) groups excluding carboxylic acids is 2. The smallest absolute Gasteiger partial charge is 0.462 e. The van der Waals surface area contributed by atoms with Crippen LogP contribution in [0.25, 0.3) is 0 Å². The maximum atomic E-state index is 12.5. The Hall–Kier alpha value is -1.21. The van der Waals surface area contributed by atoms with Crippen molar-refractivity contribution in [1.29, 1.82) is 0 Å². The number of carbonyl (C=O) groups is 2. The van der Waals surface area contributed by atoms with E-state index in [4.69, 9.17) is 19.3 Å². The van der Waals surface area contributed by atoms with Crippen LogP contribution in [0.4, 0.5) is 0 Å². The summed E-state index contributed by atoms with van der Waals surface area (Å²) in [6.45, 7) is 3.74. The molecule has 0 rings (SSSR count). The average molecular weight is 871 g/mol. The van der Waals surface area contributed by atoms with Gasteiger partial charge in [-0.15, -0.1) is 0 Å². The van der Waals surface area contributed by atoms with Gasteiger partial charge in [-0.1, -0.05) is 244 Å². The highest BCUT2D eigenvalue weighted by atomic mass is 31.2. The summed E-state index contributed by atoms with van der Waals surface area (Å²) in [5.74, 6) is -0.866. The van der Waals surface area contributed by atoms with E-state index in [0.29, 0.717) is 6.42 Å². The van der Waals surface area contributed by atoms with E-state index < -0.39 is 32.5 Å². The molecule has 0 radical (unpaired) electrons. The van der Waals surface area contributed by atoms with Crippen molar-refractivity contribution in [3.05, 3.63) is 12.2 Å². The van der Waals surface area contributed by atoms with E-state index in [0.717, 1.165) is 38.5 Å². The van der Waals surface area contributed by atoms with Crippen molar-refractivity contribution >= 4 is 19.8 Å². The monoisotopic (exact) mass is 871 g/mol. The van der Waals surface area contributed by atoms with Gasteiger partial charge in [-0.3, -0.25) is 14.1 Å². The fraction of sp³-hybridized carbons (Fsp3) is 0.922. The molecule has 0 aromatic heterocycles. The van der Waals surface area contributed by atoms with Crippen LogP contribution in [-0.4, -0.2) is 41.0 Å². The lowest BCUT2D eigenvalue weighted by atomic mass is 10.0. The van der Waals surface area contributed by atoms with Gasteiger partial charge in [0.15, 0.2) is 6.10 Å². The molecular formula is C51H99O8P. The minimum Gasteiger partial charge on any atom is -0.462 e. The molecule has 0 spiro atoms. The van der Waals surface area contributed by atoms with Crippen LogP contribution in [0.3, 0.4) is 0 Å². The van der Waals surface area contributed by atoms with E-state index in [9.17, 15) is 14.2 Å². The summed E-state index contributed by atoms with van der Waals surface area (Å²) in [6.07, 6.45) is 55.2. The zero-order valence-corrected chi connectivity index (χ0v) is 40.5. The maximum absolute atomic E-state index is 12.5. The first kappa shape index (κ1) is 58.8. The van der Waals surface area contributed by atoms with Crippen molar-refractivity contribution < 1.29 is 37.9 Å². The number of phosphoric acid groups is 1. The molecule has 0 saturated heterocycles. The van der Waals surface area contributed by atoms with Gasteiger partial charge in [0.1, 0.15) is 6.61 Å². The van der Waals surface area contributed by atoms with Gasteiger partial charge >= 0.3 is 19.8 Å². The molecule has 0 aromatic rings. The van der Waals surface area contributed by atoms with E-state index in [-0.39, 0.29) is 19.4 Å². The zero-order chi connectivity index (χ0) is 43.9.